The molecule has 0 spiro atoms. The predicted molar refractivity (Wildman–Crippen MR) is 116 cm³/mol. The fourth-order valence-electron chi connectivity index (χ4n) is 2.91. The van der Waals surface area contributed by atoms with Crippen molar-refractivity contribution >= 4 is 17.6 Å². The highest BCUT2D eigenvalue weighted by Crippen LogP contribution is 2.26. The Hall–Kier alpha value is -4.13. The Labute approximate surface area is 191 Å². The highest BCUT2D eigenvalue weighted by Gasteiger charge is 2.29. The fourth-order valence-corrected chi connectivity index (χ4v) is 2.91. The normalized spacial score (nSPS) is 12.5. The van der Waals surface area contributed by atoms with Gasteiger partial charge in [-0.1, -0.05) is 23.4 Å². The van der Waals surface area contributed by atoms with Gasteiger partial charge in [-0.15, -0.1) is 0 Å². The Balaban J connectivity index is 1.53. The summed E-state index contributed by atoms with van der Waals surface area (Å²) in [5, 5.41) is 3.90. The molecule has 3 aromatic heterocycles. The van der Waals surface area contributed by atoms with Gasteiger partial charge in [-0.3, -0.25) is 4.98 Å². The zero-order valence-corrected chi connectivity index (χ0v) is 18.1. The molecule has 1 unspecified atom stereocenters. The average Bonchev–Trinajstić information content (AvgIpc) is 3.32. The Kier molecular flexibility index (Phi) is 6.36. The molecule has 176 valence electrons. The molecule has 0 aliphatic heterocycles. The van der Waals surface area contributed by atoms with Crippen LogP contribution in [0.5, 0.6) is 0 Å². The van der Waals surface area contributed by atoms with E-state index in [4.69, 9.17) is 15.0 Å². The quantitative estimate of drug-likeness (QED) is 0.422. The summed E-state index contributed by atoms with van der Waals surface area (Å²) >= 11 is 0. The van der Waals surface area contributed by atoms with Crippen molar-refractivity contribution in [1.29, 1.82) is 0 Å². The van der Waals surface area contributed by atoms with Gasteiger partial charge in [-0.2, -0.15) is 33.1 Å². The van der Waals surface area contributed by atoms with Gasteiger partial charge in [-0.05, 0) is 31.2 Å². The van der Waals surface area contributed by atoms with Crippen LogP contribution in [0.3, 0.4) is 0 Å². The van der Waals surface area contributed by atoms with Gasteiger partial charge >= 0.3 is 6.18 Å². The summed E-state index contributed by atoms with van der Waals surface area (Å²) in [7, 11) is 1.78. The van der Waals surface area contributed by atoms with Crippen LogP contribution >= 0.6 is 0 Å². The standard InChI is InChI=1S/C21H19F3N8O2/c1-12(33-11-21(22,23)24)15-9-8-13(10-26-15)18-27-17(31-34-18)16-28-19(25)30-20(29-16)32(2)14-6-4-3-5-7-14/h3-10,12H,11H2,1-2H3,(H2,25,28,29,30). The lowest BCUT2D eigenvalue weighted by Gasteiger charge is -2.17. The van der Waals surface area contributed by atoms with E-state index in [2.05, 4.69) is 30.1 Å². The molecule has 1 atom stereocenters. The minimum atomic E-state index is -4.41. The summed E-state index contributed by atoms with van der Waals surface area (Å²) in [5.41, 5.74) is 7.48. The lowest BCUT2D eigenvalue weighted by molar-refractivity contribution is -0.184. The Morgan fingerprint density at radius 2 is 1.79 bits per heavy atom. The maximum atomic E-state index is 12.3. The van der Waals surface area contributed by atoms with Crippen molar-refractivity contribution in [3.63, 3.8) is 0 Å². The number of anilines is 3. The summed E-state index contributed by atoms with van der Waals surface area (Å²) < 4.78 is 47.1. The second kappa shape index (κ2) is 9.39. The number of hydrogen-bond acceptors (Lipinski definition) is 10. The van der Waals surface area contributed by atoms with Crippen molar-refractivity contribution in [2.45, 2.75) is 19.2 Å². The molecular weight excluding hydrogens is 453 g/mol. The highest BCUT2D eigenvalue weighted by molar-refractivity contribution is 5.60. The van der Waals surface area contributed by atoms with Crippen molar-refractivity contribution < 1.29 is 22.4 Å². The third kappa shape index (κ3) is 5.43. The van der Waals surface area contributed by atoms with E-state index in [0.29, 0.717) is 17.2 Å². The van der Waals surface area contributed by atoms with E-state index < -0.39 is 18.9 Å². The molecule has 0 fully saturated rings. The molecule has 10 nitrogen and oxygen atoms in total. The molecule has 0 aliphatic carbocycles. The van der Waals surface area contributed by atoms with Gasteiger partial charge in [0, 0.05) is 18.9 Å². The van der Waals surface area contributed by atoms with Crippen LogP contribution in [0.4, 0.5) is 30.8 Å². The fraction of sp³-hybridized carbons (Fsp3) is 0.238. The minimum Gasteiger partial charge on any atom is -0.368 e. The molecule has 4 rings (SSSR count). The molecule has 2 N–H and O–H groups in total. The lowest BCUT2D eigenvalue weighted by Crippen LogP contribution is -2.18. The SMILES string of the molecule is CC(OCC(F)(F)F)c1ccc(-c2nc(-c3nc(N)nc(N(C)c4ccccc4)n3)no2)cn1. The summed E-state index contributed by atoms with van der Waals surface area (Å²) in [5.74, 6) is 0.582. The van der Waals surface area contributed by atoms with Gasteiger partial charge in [0.15, 0.2) is 0 Å². The molecule has 34 heavy (non-hydrogen) atoms. The molecule has 0 bridgehead atoms. The topological polar surface area (TPSA) is 129 Å². The molecule has 0 saturated carbocycles. The minimum absolute atomic E-state index is 0.0204. The Morgan fingerprint density at radius 3 is 2.47 bits per heavy atom. The van der Waals surface area contributed by atoms with E-state index in [1.807, 2.05) is 30.3 Å². The molecule has 0 radical (unpaired) electrons. The molecular formula is C21H19F3N8O2. The van der Waals surface area contributed by atoms with Crippen LogP contribution in [0.1, 0.15) is 18.7 Å². The van der Waals surface area contributed by atoms with E-state index in [1.54, 1.807) is 18.0 Å². The number of nitrogens with two attached hydrogens (primary N) is 1. The monoisotopic (exact) mass is 472 g/mol. The Bertz CT molecular complexity index is 1250. The van der Waals surface area contributed by atoms with Gasteiger partial charge in [0.2, 0.25) is 23.5 Å². The third-order valence-electron chi connectivity index (χ3n) is 4.66. The number of ether oxygens (including phenoxy) is 1. The van der Waals surface area contributed by atoms with Crippen LogP contribution in [0, 0.1) is 0 Å². The average molecular weight is 472 g/mol. The number of halogens is 3. The van der Waals surface area contributed by atoms with Crippen LogP contribution < -0.4 is 10.6 Å². The van der Waals surface area contributed by atoms with E-state index in [-0.39, 0.29) is 23.5 Å². The zero-order valence-electron chi connectivity index (χ0n) is 18.1. The zero-order chi connectivity index (χ0) is 24.3. The second-order valence-corrected chi connectivity index (χ2v) is 7.18. The second-order valence-electron chi connectivity index (χ2n) is 7.18. The summed E-state index contributed by atoms with van der Waals surface area (Å²) in [6.07, 6.45) is -3.86. The highest BCUT2D eigenvalue weighted by atomic mass is 19.4. The molecule has 3 heterocycles. The number of nitrogens with zero attached hydrogens (tertiary/aromatic N) is 7. The molecule has 4 aromatic rings. The van der Waals surface area contributed by atoms with E-state index in [9.17, 15) is 13.2 Å². The third-order valence-corrected chi connectivity index (χ3v) is 4.66. The maximum Gasteiger partial charge on any atom is 0.411 e. The van der Waals surface area contributed by atoms with Gasteiger partial charge in [0.25, 0.3) is 5.89 Å². The van der Waals surface area contributed by atoms with Crippen LogP contribution in [0.25, 0.3) is 23.1 Å². The molecule has 13 heteroatoms. The number of hydrogen-bond donors (Lipinski definition) is 1. The van der Waals surface area contributed by atoms with Crippen LogP contribution in [-0.4, -0.2) is 49.9 Å². The van der Waals surface area contributed by atoms with Gasteiger partial charge in [-0.25, -0.2) is 0 Å². The van der Waals surface area contributed by atoms with Crippen molar-refractivity contribution in [1.82, 2.24) is 30.1 Å². The number of aromatic nitrogens is 6. The number of para-hydroxylation sites is 1. The molecule has 0 aliphatic rings. The molecule has 0 amide bonds. The van der Waals surface area contributed by atoms with Crippen molar-refractivity contribution in [2.75, 3.05) is 24.3 Å². The maximum absolute atomic E-state index is 12.3. The number of nitrogen functional groups attached to an aromatic ring is 1. The van der Waals surface area contributed by atoms with Crippen molar-refractivity contribution in [2.24, 2.45) is 0 Å². The van der Waals surface area contributed by atoms with Gasteiger partial charge in [0.05, 0.1) is 17.4 Å². The van der Waals surface area contributed by atoms with Crippen LogP contribution in [0.15, 0.2) is 53.2 Å². The van der Waals surface area contributed by atoms with E-state index >= 15 is 0 Å². The first-order chi connectivity index (χ1) is 16.2. The van der Waals surface area contributed by atoms with Crippen LogP contribution in [-0.2, 0) is 4.74 Å². The first-order valence-corrected chi connectivity index (χ1v) is 9.99. The largest absolute Gasteiger partial charge is 0.411 e. The predicted octanol–water partition coefficient (Wildman–Crippen LogP) is 3.97. The number of rotatable bonds is 7. The first kappa shape index (κ1) is 23.0. The van der Waals surface area contributed by atoms with Gasteiger partial charge in [0.1, 0.15) is 6.61 Å². The lowest BCUT2D eigenvalue weighted by atomic mass is 10.2. The van der Waals surface area contributed by atoms with Crippen molar-refractivity contribution in [3.05, 3.63) is 54.4 Å². The number of pyridine rings is 1. The number of alkyl halides is 3. The van der Waals surface area contributed by atoms with Crippen LogP contribution in [0.2, 0.25) is 0 Å². The van der Waals surface area contributed by atoms with E-state index in [0.717, 1.165) is 5.69 Å². The summed E-state index contributed by atoms with van der Waals surface area (Å²) in [6.45, 7) is 0.120. The summed E-state index contributed by atoms with van der Waals surface area (Å²) in [4.78, 5) is 22.8. The summed E-state index contributed by atoms with van der Waals surface area (Å²) in [6, 6.07) is 12.5. The molecule has 0 saturated heterocycles. The number of benzene rings is 1. The first-order valence-electron chi connectivity index (χ1n) is 9.99. The van der Waals surface area contributed by atoms with Gasteiger partial charge < -0.3 is 19.9 Å². The van der Waals surface area contributed by atoms with E-state index in [1.165, 1.54) is 19.2 Å². The van der Waals surface area contributed by atoms with Crippen molar-refractivity contribution in [3.8, 4) is 23.1 Å². The smallest absolute Gasteiger partial charge is 0.368 e. The Morgan fingerprint density at radius 1 is 1.03 bits per heavy atom. The molecule has 1 aromatic carbocycles.